The number of urea groups is 1. The Bertz CT molecular complexity index is 605. The average molecular weight is 385 g/mol. The molecule has 0 bridgehead atoms. The lowest BCUT2D eigenvalue weighted by atomic mass is 10.2. The van der Waals surface area contributed by atoms with Gasteiger partial charge in [-0.25, -0.2) is 9.59 Å². The van der Waals surface area contributed by atoms with Gasteiger partial charge in [-0.05, 0) is 47.0 Å². The van der Waals surface area contributed by atoms with Gasteiger partial charge in [0.05, 0.1) is 0 Å². The summed E-state index contributed by atoms with van der Waals surface area (Å²) in [7, 11) is 0. The first-order valence-corrected chi connectivity index (χ1v) is 8.03. The molecule has 1 fully saturated rings. The van der Waals surface area contributed by atoms with Crippen LogP contribution in [-0.2, 0) is 14.3 Å². The fourth-order valence-corrected chi connectivity index (χ4v) is 2.53. The van der Waals surface area contributed by atoms with Gasteiger partial charge in [-0.2, -0.15) is 0 Å². The zero-order valence-electron chi connectivity index (χ0n) is 12.3. The molecule has 2 N–H and O–H groups in total. The van der Waals surface area contributed by atoms with E-state index in [-0.39, 0.29) is 6.04 Å². The molecule has 0 saturated heterocycles. The number of halogens is 1. The van der Waals surface area contributed by atoms with E-state index in [1.807, 2.05) is 0 Å². The van der Waals surface area contributed by atoms with Crippen LogP contribution in [0.4, 0.5) is 4.79 Å². The predicted octanol–water partition coefficient (Wildman–Crippen LogP) is 2.37. The number of hydrogen-bond donors (Lipinski definition) is 2. The topological polar surface area (TPSA) is 97.6 Å². The van der Waals surface area contributed by atoms with Gasteiger partial charge in [0.15, 0.2) is 11.3 Å². The Hall–Kier alpha value is -2.09. The van der Waals surface area contributed by atoms with E-state index in [9.17, 15) is 14.4 Å². The summed E-state index contributed by atoms with van der Waals surface area (Å²) < 4.78 is 10.4. The number of rotatable bonds is 5. The minimum Gasteiger partial charge on any atom is -0.452 e. The van der Waals surface area contributed by atoms with Gasteiger partial charge in [-0.15, -0.1) is 0 Å². The van der Waals surface area contributed by atoms with Crippen molar-refractivity contribution in [3.8, 4) is 0 Å². The number of esters is 1. The third-order valence-corrected chi connectivity index (χ3v) is 3.69. The SMILES string of the molecule is O=C(COC(=O)C=Cc1ccc(Br)o1)NC(=O)NC1CCCC1. The number of imide groups is 1. The maximum atomic E-state index is 11.6. The lowest BCUT2D eigenvalue weighted by Crippen LogP contribution is -2.44. The highest BCUT2D eigenvalue weighted by atomic mass is 79.9. The molecule has 23 heavy (non-hydrogen) atoms. The van der Waals surface area contributed by atoms with E-state index in [4.69, 9.17) is 9.15 Å². The standard InChI is InChI=1S/C15H17BrN2O5/c16-12-7-5-11(23-12)6-8-14(20)22-9-13(19)18-15(21)17-10-3-1-2-4-10/h5-8,10H,1-4,9H2,(H2,17,18,19,21). The van der Waals surface area contributed by atoms with Crippen LogP contribution in [0.1, 0.15) is 31.4 Å². The second-order valence-electron chi connectivity index (χ2n) is 5.09. The molecule has 0 aromatic carbocycles. The molecule has 7 nitrogen and oxygen atoms in total. The molecular weight excluding hydrogens is 368 g/mol. The molecule has 3 amide bonds. The lowest BCUT2D eigenvalue weighted by Gasteiger charge is -2.12. The van der Waals surface area contributed by atoms with Crippen LogP contribution in [0.5, 0.6) is 0 Å². The second-order valence-corrected chi connectivity index (χ2v) is 5.87. The van der Waals surface area contributed by atoms with Gasteiger partial charge >= 0.3 is 12.0 Å². The van der Waals surface area contributed by atoms with E-state index >= 15 is 0 Å². The van der Waals surface area contributed by atoms with E-state index in [1.54, 1.807) is 12.1 Å². The molecule has 124 valence electrons. The van der Waals surface area contributed by atoms with E-state index in [2.05, 4.69) is 26.6 Å². The van der Waals surface area contributed by atoms with Crippen molar-refractivity contribution < 1.29 is 23.5 Å². The summed E-state index contributed by atoms with van der Waals surface area (Å²) in [5.41, 5.74) is 0. The molecule has 0 unspecified atom stereocenters. The van der Waals surface area contributed by atoms with Crippen molar-refractivity contribution >= 4 is 39.9 Å². The molecule has 1 aliphatic rings. The van der Waals surface area contributed by atoms with Crippen LogP contribution in [0, 0.1) is 0 Å². The van der Waals surface area contributed by atoms with Crippen LogP contribution < -0.4 is 10.6 Å². The normalized spacial score (nSPS) is 14.8. The average Bonchev–Trinajstić information content (AvgIpc) is 3.14. The Morgan fingerprint density at radius 2 is 2.04 bits per heavy atom. The highest BCUT2D eigenvalue weighted by Crippen LogP contribution is 2.17. The van der Waals surface area contributed by atoms with Crippen LogP contribution in [0.15, 0.2) is 27.3 Å². The molecule has 1 aromatic rings. The maximum absolute atomic E-state index is 11.6. The van der Waals surface area contributed by atoms with E-state index in [0.29, 0.717) is 10.4 Å². The van der Waals surface area contributed by atoms with Crippen LogP contribution in [0.3, 0.4) is 0 Å². The van der Waals surface area contributed by atoms with Crippen molar-refractivity contribution in [3.63, 3.8) is 0 Å². The van der Waals surface area contributed by atoms with Crippen LogP contribution in [-0.4, -0.2) is 30.6 Å². The molecule has 0 radical (unpaired) electrons. The molecular formula is C15H17BrN2O5. The first kappa shape index (κ1) is 17.3. The van der Waals surface area contributed by atoms with Gasteiger partial charge in [0.25, 0.3) is 5.91 Å². The van der Waals surface area contributed by atoms with Crippen molar-refractivity contribution in [3.05, 3.63) is 28.6 Å². The van der Waals surface area contributed by atoms with E-state index in [1.165, 1.54) is 6.08 Å². The van der Waals surface area contributed by atoms with Crippen LogP contribution in [0.25, 0.3) is 6.08 Å². The lowest BCUT2D eigenvalue weighted by molar-refractivity contribution is -0.143. The van der Waals surface area contributed by atoms with Gasteiger partial charge < -0.3 is 14.5 Å². The number of nitrogens with one attached hydrogen (secondary N) is 2. The first-order chi connectivity index (χ1) is 11.0. The van der Waals surface area contributed by atoms with Crippen molar-refractivity contribution in [2.24, 2.45) is 0 Å². The van der Waals surface area contributed by atoms with Gasteiger partial charge in [0.2, 0.25) is 0 Å². The zero-order chi connectivity index (χ0) is 16.7. The van der Waals surface area contributed by atoms with Gasteiger partial charge in [0.1, 0.15) is 5.76 Å². The molecule has 2 rings (SSSR count). The van der Waals surface area contributed by atoms with E-state index < -0.39 is 24.5 Å². The zero-order valence-corrected chi connectivity index (χ0v) is 13.9. The van der Waals surface area contributed by atoms with Crippen molar-refractivity contribution in [1.82, 2.24) is 10.6 Å². The third-order valence-electron chi connectivity index (χ3n) is 3.27. The molecule has 0 aliphatic heterocycles. The number of carbonyl (C=O) groups is 3. The van der Waals surface area contributed by atoms with Crippen molar-refractivity contribution in [2.45, 2.75) is 31.7 Å². The predicted molar refractivity (Wildman–Crippen MR) is 85.3 cm³/mol. The first-order valence-electron chi connectivity index (χ1n) is 7.23. The Morgan fingerprint density at radius 1 is 1.30 bits per heavy atom. The number of amides is 3. The third kappa shape index (κ3) is 6.27. The number of ether oxygens (including phenoxy) is 1. The fourth-order valence-electron chi connectivity index (χ4n) is 2.21. The minimum atomic E-state index is -0.705. The Labute approximate surface area is 141 Å². The fraction of sp³-hybridized carbons (Fsp3) is 0.400. The molecule has 1 aliphatic carbocycles. The highest BCUT2D eigenvalue weighted by molar-refractivity contribution is 9.10. The van der Waals surface area contributed by atoms with Gasteiger partial charge in [0, 0.05) is 12.1 Å². The minimum absolute atomic E-state index is 0.112. The largest absolute Gasteiger partial charge is 0.452 e. The number of hydrogen-bond acceptors (Lipinski definition) is 5. The summed E-state index contributed by atoms with van der Waals surface area (Å²) in [6.07, 6.45) is 6.55. The molecule has 0 atom stereocenters. The van der Waals surface area contributed by atoms with Crippen LogP contribution >= 0.6 is 15.9 Å². The monoisotopic (exact) mass is 384 g/mol. The van der Waals surface area contributed by atoms with Crippen molar-refractivity contribution in [1.29, 1.82) is 0 Å². The summed E-state index contributed by atoms with van der Waals surface area (Å²) in [6.45, 7) is -0.525. The summed E-state index contributed by atoms with van der Waals surface area (Å²) in [5.74, 6) is -0.916. The Balaban J connectivity index is 1.65. The number of furan rings is 1. The summed E-state index contributed by atoms with van der Waals surface area (Å²) in [4.78, 5) is 34.5. The smallest absolute Gasteiger partial charge is 0.331 e. The second kappa shape index (κ2) is 8.52. The van der Waals surface area contributed by atoms with Gasteiger partial charge in [-0.1, -0.05) is 12.8 Å². The number of carbonyl (C=O) groups excluding carboxylic acids is 3. The molecule has 8 heteroatoms. The summed E-state index contributed by atoms with van der Waals surface area (Å²) >= 11 is 3.14. The molecule has 0 spiro atoms. The highest BCUT2D eigenvalue weighted by Gasteiger charge is 2.18. The molecule has 1 saturated carbocycles. The maximum Gasteiger partial charge on any atom is 0.331 e. The van der Waals surface area contributed by atoms with Crippen molar-refractivity contribution in [2.75, 3.05) is 6.61 Å². The molecule has 1 heterocycles. The van der Waals surface area contributed by atoms with E-state index in [0.717, 1.165) is 31.8 Å². The van der Waals surface area contributed by atoms with Crippen LogP contribution in [0.2, 0.25) is 0 Å². The Morgan fingerprint density at radius 3 is 2.70 bits per heavy atom. The molecule has 1 aromatic heterocycles. The quantitative estimate of drug-likeness (QED) is 0.599. The summed E-state index contributed by atoms with van der Waals surface area (Å²) in [5, 5.41) is 4.83. The summed E-state index contributed by atoms with van der Waals surface area (Å²) in [6, 6.07) is 2.89. The van der Waals surface area contributed by atoms with Gasteiger partial charge in [-0.3, -0.25) is 10.1 Å². The Kier molecular flexibility index (Phi) is 6.40.